The molecule has 4 nitrogen and oxygen atoms in total. The van der Waals surface area contributed by atoms with Gasteiger partial charge in [-0.2, -0.15) is 0 Å². The van der Waals surface area contributed by atoms with Crippen molar-refractivity contribution < 1.29 is 14.6 Å². The van der Waals surface area contributed by atoms with Gasteiger partial charge in [0, 0.05) is 19.3 Å². The molecule has 0 bridgehead atoms. The molecule has 0 spiro atoms. The zero-order valence-corrected chi connectivity index (χ0v) is 12.2. The van der Waals surface area contributed by atoms with Crippen LogP contribution in [0.5, 0.6) is 0 Å². The van der Waals surface area contributed by atoms with Crippen LogP contribution in [0.4, 0.5) is 5.69 Å². The highest BCUT2D eigenvalue weighted by molar-refractivity contribution is 5.88. The number of anilines is 1. The molecule has 0 heterocycles. The highest BCUT2D eigenvalue weighted by atomic mass is 16.5. The van der Waals surface area contributed by atoms with Crippen LogP contribution in [-0.2, 0) is 17.9 Å². The molecule has 2 N–H and O–H groups in total. The molecule has 0 fully saturated rings. The average molecular weight is 285 g/mol. The summed E-state index contributed by atoms with van der Waals surface area (Å²) in [6.45, 7) is 3.21. The predicted molar refractivity (Wildman–Crippen MR) is 82.6 cm³/mol. The Morgan fingerprint density at radius 3 is 2.38 bits per heavy atom. The molecule has 0 atom stereocenters. The number of ether oxygens (including phenoxy) is 1. The standard InChI is InChI=1S/C17H19NO3/c1-12-9-15(17(19)20)7-8-16(12)18-10-13-3-5-14(6-4-13)11-21-2/h3-9,18H,10-11H2,1-2H3,(H,19,20). The predicted octanol–water partition coefficient (Wildman–Crippen LogP) is 3.45. The van der Waals surface area contributed by atoms with Crippen molar-refractivity contribution >= 4 is 11.7 Å². The monoisotopic (exact) mass is 285 g/mol. The van der Waals surface area contributed by atoms with E-state index in [1.54, 1.807) is 25.3 Å². The van der Waals surface area contributed by atoms with Gasteiger partial charge in [0.1, 0.15) is 0 Å². The second kappa shape index (κ2) is 6.90. The first kappa shape index (κ1) is 15.1. The van der Waals surface area contributed by atoms with Crippen LogP contribution in [0.2, 0.25) is 0 Å². The van der Waals surface area contributed by atoms with Gasteiger partial charge in [0.05, 0.1) is 12.2 Å². The van der Waals surface area contributed by atoms with Gasteiger partial charge in [0.15, 0.2) is 0 Å². The molecule has 4 heteroatoms. The number of aryl methyl sites for hydroxylation is 1. The van der Waals surface area contributed by atoms with Crippen LogP contribution >= 0.6 is 0 Å². The molecule has 0 aliphatic carbocycles. The number of methoxy groups -OCH3 is 1. The molecule has 2 rings (SSSR count). The van der Waals surface area contributed by atoms with Crippen LogP contribution in [0.25, 0.3) is 0 Å². The normalized spacial score (nSPS) is 10.4. The average Bonchev–Trinajstić information content (AvgIpc) is 2.47. The number of carboxylic acids is 1. The SMILES string of the molecule is COCc1ccc(CNc2ccc(C(=O)O)cc2C)cc1. The van der Waals surface area contributed by atoms with Crippen molar-refractivity contribution in [3.05, 3.63) is 64.7 Å². The summed E-state index contributed by atoms with van der Waals surface area (Å²) in [7, 11) is 1.68. The lowest BCUT2D eigenvalue weighted by Crippen LogP contribution is -2.03. The van der Waals surface area contributed by atoms with E-state index in [1.165, 1.54) is 0 Å². The summed E-state index contributed by atoms with van der Waals surface area (Å²) in [5, 5.41) is 12.3. The summed E-state index contributed by atoms with van der Waals surface area (Å²) < 4.78 is 5.08. The van der Waals surface area contributed by atoms with E-state index in [2.05, 4.69) is 17.4 Å². The van der Waals surface area contributed by atoms with Crippen LogP contribution < -0.4 is 5.32 Å². The number of carbonyl (C=O) groups is 1. The zero-order chi connectivity index (χ0) is 15.2. The minimum absolute atomic E-state index is 0.307. The third-order valence-electron chi connectivity index (χ3n) is 3.29. The molecule has 0 aliphatic heterocycles. The molecular weight excluding hydrogens is 266 g/mol. The Kier molecular flexibility index (Phi) is 4.95. The largest absolute Gasteiger partial charge is 0.478 e. The highest BCUT2D eigenvalue weighted by Gasteiger charge is 2.05. The second-order valence-electron chi connectivity index (χ2n) is 4.94. The van der Waals surface area contributed by atoms with Crippen LogP contribution in [0.1, 0.15) is 27.0 Å². The molecule has 0 aromatic heterocycles. The third kappa shape index (κ3) is 4.07. The van der Waals surface area contributed by atoms with E-state index in [1.807, 2.05) is 19.1 Å². The number of benzene rings is 2. The fraction of sp³-hybridized carbons (Fsp3) is 0.235. The summed E-state index contributed by atoms with van der Waals surface area (Å²) in [5.74, 6) is -0.904. The number of rotatable bonds is 6. The summed E-state index contributed by atoms with van der Waals surface area (Å²) >= 11 is 0. The molecule has 21 heavy (non-hydrogen) atoms. The molecule has 2 aromatic carbocycles. The number of hydrogen-bond donors (Lipinski definition) is 2. The molecule has 110 valence electrons. The van der Waals surface area contributed by atoms with E-state index in [0.717, 1.165) is 22.4 Å². The van der Waals surface area contributed by atoms with Crippen molar-refractivity contribution in [3.8, 4) is 0 Å². The molecule has 0 unspecified atom stereocenters. The van der Waals surface area contributed by atoms with Crippen LogP contribution in [0.15, 0.2) is 42.5 Å². The fourth-order valence-corrected chi connectivity index (χ4v) is 2.11. The van der Waals surface area contributed by atoms with Crippen LogP contribution in [-0.4, -0.2) is 18.2 Å². The third-order valence-corrected chi connectivity index (χ3v) is 3.29. The molecule has 2 aromatic rings. The lowest BCUT2D eigenvalue weighted by Gasteiger charge is -2.11. The number of nitrogens with one attached hydrogen (secondary N) is 1. The van der Waals surface area contributed by atoms with Gasteiger partial charge in [-0.1, -0.05) is 24.3 Å². The molecule has 0 aliphatic rings. The quantitative estimate of drug-likeness (QED) is 0.853. The van der Waals surface area contributed by atoms with Crippen molar-refractivity contribution in [3.63, 3.8) is 0 Å². The van der Waals surface area contributed by atoms with Crippen molar-refractivity contribution in [1.29, 1.82) is 0 Å². The lowest BCUT2D eigenvalue weighted by molar-refractivity contribution is 0.0697. The van der Waals surface area contributed by atoms with Gasteiger partial charge in [-0.3, -0.25) is 0 Å². The van der Waals surface area contributed by atoms with Crippen molar-refractivity contribution in [2.75, 3.05) is 12.4 Å². The van der Waals surface area contributed by atoms with Gasteiger partial charge in [0.25, 0.3) is 0 Å². The summed E-state index contributed by atoms with van der Waals surface area (Å²) in [4.78, 5) is 10.9. The van der Waals surface area contributed by atoms with Gasteiger partial charge in [-0.15, -0.1) is 0 Å². The maximum atomic E-state index is 10.9. The number of aromatic carboxylic acids is 1. The lowest BCUT2D eigenvalue weighted by atomic mass is 10.1. The molecule has 0 amide bonds. The van der Waals surface area contributed by atoms with Crippen LogP contribution in [0, 0.1) is 6.92 Å². The Balaban J connectivity index is 2.01. The first-order chi connectivity index (χ1) is 10.1. The van der Waals surface area contributed by atoms with E-state index in [4.69, 9.17) is 9.84 Å². The summed E-state index contributed by atoms with van der Waals surface area (Å²) in [5.41, 5.74) is 4.48. The molecule has 0 saturated carbocycles. The minimum Gasteiger partial charge on any atom is -0.478 e. The maximum absolute atomic E-state index is 10.9. The van der Waals surface area contributed by atoms with Gasteiger partial charge < -0.3 is 15.2 Å². The Labute approximate surface area is 124 Å². The van der Waals surface area contributed by atoms with E-state index < -0.39 is 5.97 Å². The Bertz CT molecular complexity index is 620. The van der Waals surface area contributed by atoms with E-state index in [9.17, 15) is 4.79 Å². The Morgan fingerprint density at radius 1 is 1.14 bits per heavy atom. The van der Waals surface area contributed by atoms with E-state index in [-0.39, 0.29) is 0 Å². The Morgan fingerprint density at radius 2 is 1.81 bits per heavy atom. The smallest absolute Gasteiger partial charge is 0.335 e. The van der Waals surface area contributed by atoms with Gasteiger partial charge >= 0.3 is 5.97 Å². The highest BCUT2D eigenvalue weighted by Crippen LogP contribution is 2.18. The molecular formula is C17H19NO3. The number of carboxylic acid groups (broad SMARTS) is 1. The number of hydrogen-bond acceptors (Lipinski definition) is 3. The van der Waals surface area contributed by atoms with Gasteiger partial charge in [-0.25, -0.2) is 4.79 Å². The van der Waals surface area contributed by atoms with Gasteiger partial charge in [-0.05, 0) is 41.8 Å². The summed E-state index contributed by atoms with van der Waals surface area (Å²) in [6, 6.07) is 13.3. The van der Waals surface area contributed by atoms with E-state index in [0.29, 0.717) is 18.7 Å². The Hall–Kier alpha value is -2.33. The maximum Gasteiger partial charge on any atom is 0.335 e. The van der Waals surface area contributed by atoms with E-state index >= 15 is 0 Å². The molecule has 0 radical (unpaired) electrons. The van der Waals surface area contributed by atoms with Gasteiger partial charge in [0.2, 0.25) is 0 Å². The van der Waals surface area contributed by atoms with Crippen molar-refractivity contribution in [1.82, 2.24) is 0 Å². The minimum atomic E-state index is -0.904. The first-order valence-electron chi connectivity index (χ1n) is 6.74. The zero-order valence-electron chi connectivity index (χ0n) is 12.2. The van der Waals surface area contributed by atoms with Crippen molar-refractivity contribution in [2.45, 2.75) is 20.1 Å². The summed E-state index contributed by atoms with van der Waals surface area (Å²) in [6.07, 6.45) is 0. The second-order valence-corrected chi connectivity index (χ2v) is 4.94. The first-order valence-corrected chi connectivity index (χ1v) is 6.74. The topological polar surface area (TPSA) is 58.6 Å². The van der Waals surface area contributed by atoms with Crippen molar-refractivity contribution in [2.24, 2.45) is 0 Å². The van der Waals surface area contributed by atoms with Crippen LogP contribution in [0.3, 0.4) is 0 Å². The molecule has 0 saturated heterocycles. The fourth-order valence-electron chi connectivity index (χ4n) is 2.11.